The van der Waals surface area contributed by atoms with Crippen LogP contribution in [0.15, 0.2) is 30.5 Å². The van der Waals surface area contributed by atoms with Gasteiger partial charge in [-0.25, -0.2) is 4.68 Å². The quantitative estimate of drug-likeness (QED) is 0.768. The molecule has 5 heteroatoms. The first-order valence-corrected chi connectivity index (χ1v) is 5.38. The largest absolute Gasteiger partial charge is 0.324 e. The molecule has 2 aromatic rings. The van der Waals surface area contributed by atoms with Crippen LogP contribution in [0.4, 0.5) is 5.69 Å². The molecule has 1 aliphatic heterocycles. The Kier molecular flexibility index (Phi) is 2.02. The summed E-state index contributed by atoms with van der Waals surface area (Å²) < 4.78 is 1.77. The Labute approximate surface area is 98.2 Å². The van der Waals surface area contributed by atoms with Gasteiger partial charge in [-0.05, 0) is 25.1 Å². The van der Waals surface area contributed by atoms with Gasteiger partial charge in [0.05, 0.1) is 11.4 Å². The Balaban J connectivity index is 2.06. The number of fused-ring (bicyclic) bond motifs is 1. The molecule has 1 amide bonds. The fourth-order valence-corrected chi connectivity index (χ4v) is 1.98. The Hall–Kier alpha value is -2.14. The van der Waals surface area contributed by atoms with Gasteiger partial charge in [-0.15, -0.1) is 0 Å². The second-order valence-electron chi connectivity index (χ2n) is 4.14. The highest BCUT2D eigenvalue weighted by molar-refractivity contribution is 6.02. The first-order chi connectivity index (χ1) is 8.15. The lowest BCUT2D eigenvalue weighted by molar-refractivity contribution is -0.116. The molecule has 1 atom stereocenters. The fraction of sp³-hybridized carbons (Fsp3) is 0.167. The van der Waals surface area contributed by atoms with Crippen molar-refractivity contribution in [2.24, 2.45) is 5.73 Å². The van der Waals surface area contributed by atoms with Crippen LogP contribution in [0, 0.1) is 6.92 Å². The highest BCUT2D eigenvalue weighted by atomic mass is 16.2. The zero-order chi connectivity index (χ0) is 12.0. The summed E-state index contributed by atoms with van der Waals surface area (Å²) in [4.78, 5) is 11.4. The number of nitrogens with two attached hydrogens (primary N) is 1. The molecule has 17 heavy (non-hydrogen) atoms. The number of carbonyl (C=O) groups is 1. The number of hydrogen-bond acceptors (Lipinski definition) is 3. The molecule has 3 N–H and O–H groups in total. The maximum atomic E-state index is 11.4. The monoisotopic (exact) mass is 228 g/mol. The van der Waals surface area contributed by atoms with Crippen LogP contribution in [0.25, 0.3) is 5.69 Å². The van der Waals surface area contributed by atoms with Gasteiger partial charge in [-0.1, -0.05) is 6.07 Å². The molecule has 3 rings (SSSR count). The number of benzene rings is 1. The number of hydrogen-bond donors (Lipinski definition) is 2. The molecule has 1 aliphatic rings. The molecule has 0 aliphatic carbocycles. The topological polar surface area (TPSA) is 72.9 Å². The zero-order valence-corrected chi connectivity index (χ0v) is 9.34. The fourth-order valence-electron chi connectivity index (χ4n) is 1.98. The van der Waals surface area contributed by atoms with E-state index in [9.17, 15) is 4.79 Å². The second kappa shape index (κ2) is 3.43. The van der Waals surface area contributed by atoms with Crippen molar-refractivity contribution in [2.45, 2.75) is 13.0 Å². The van der Waals surface area contributed by atoms with Crippen molar-refractivity contribution in [3.8, 4) is 5.69 Å². The Morgan fingerprint density at radius 2 is 2.24 bits per heavy atom. The summed E-state index contributed by atoms with van der Waals surface area (Å²) in [5, 5.41) is 7.08. The van der Waals surface area contributed by atoms with Crippen LogP contribution in [-0.2, 0) is 4.79 Å². The van der Waals surface area contributed by atoms with Gasteiger partial charge in [-0.3, -0.25) is 4.79 Å². The van der Waals surface area contributed by atoms with E-state index < -0.39 is 6.04 Å². The van der Waals surface area contributed by atoms with E-state index in [1.54, 1.807) is 4.68 Å². The molecule has 0 bridgehead atoms. The number of rotatable bonds is 1. The van der Waals surface area contributed by atoms with Gasteiger partial charge >= 0.3 is 0 Å². The molecular formula is C12H12N4O. The van der Waals surface area contributed by atoms with E-state index in [-0.39, 0.29) is 5.91 Å². The maximum absolute atomic E-state index is 11.4. The minimum absolute atomic E-state index is 0.159. The third kappa shape index (κ3) is 1.52. The molecule has 5 nitrogen and oxygen atoms in total. The average molecular weight is 228 g/mol. The van der Waals surface area contributed by atoms with E-state index in [1.807, 2.05) is 37.4 Å². The van der Waals surface area contributed by atoms with Crippen molar-refractivity contribution in [2.75, 3.05) is 5.32 Å². The highest BCUT2D eigenvalue weighted by Gasteiger charge is 2.27. The lowest BCUT2D eigenvalue weighted by Gasteiger charge is -2.05. The molecule has 86 valence electrons. The van der Waals surface area contributed by atoms with E-state index >= 15 is 0 Å². The lowest BCUT2D eigenvalue weighted by Crippen LogP contribution is -2.19. The zero-order valence-electron chi connectivity index (χ0n) is 9.34. The van der Waals surface area contributed by atoms with Gasteiger partial charge in [0.1, 0.15) is 6.04 Å². The van der Waals surface area contributed by atoms with Crippen LogP contribution in [0.1, 0.15) is 17.3 Å². The Morgan fingerprint density at radius 1 is 1.41 bits per heavy atom. The van der Waals surface area contributed by atoms with Crippen LogP contribution in [0.2, 0.25) is 0 Å². The standard InChI is InChI=1S/C12H12N4O/c1-7-4-5-16(15-7)8-2-3-9-10(6-8)14-12(17)11(9)13/h2-6,11H,13H2,1H3,(H,14,17). The molecule has 1 aromatic heterocycles. The Morgan fingerprint density at radius 3 is 2.94 bits per heavy atom. The van der Waals surface area contributed by atoms with Crippen molar-refractivity contribution in [1.29, 1.82) is 0 Å². The molecule has 0 radical (unpaired) electrons. The summed E-state index contributed by atoms with van der Waals surface area (Å²) in [7, 11) is 0. The maximum Gasteiger partial charge on any atom is 0.245 e. The van der Waals surface area contributed by atoms with E-state index in [0.717, 1.165) is 22.6 Å². The minimum Gasteiger partial charge on any atom is -0.324 e. The van der Waals surface area contributed by atoms with Crippen LogP contribution in [0.3, 0.4) is 0 Å². The lowest BCUT2D eigenvalue weighted by atomic mass is 10.1. The van der Waals surface area contributed by atoms with Crippen molar-refractivity contribution < 1.29 is 4.79 Å². The molecule has 0 spiro atoms. The minimum atomic E-state index is -0.557. The molecule has 0 fully saturated rings. The normalized spacial score (nSPS) is 18.0. The van der Waals surface area contributed by atoms with Crippen molar-refractivity contribution >= 4 is 11.6 Å². The second-order valence-corrected chi connectivity index (χ2v) is 4.14. The number of aryl methyl sites for hydroxylation is 1. The molecule has 1 unspecified atom stereocenters. The van der Waals surface area contributed by atoms with Gasteiger partial charge in [0.25, 0.3) is 0 Å². The van der Waals surface area contributed by atoms with Gasteiger partial charge < -0.3 is 11.1 Å². The summed E-state index contributed by atoms with van der Waals surface area (Å²) in [6.45, 7) is 1.93. The van der Waals surface area contributed by atoms with Crippen LogP contribution >= 0.6 is 0 Å². The van der Waals surface area contributed by atoms with E-state index in [4.69, 9.17) is 5.73 Å². The molecule has 1 aromatic carbocycles. The number of nitrogens with zero attached hydrogens (tertiary/aromatic N) is 2. The molecule has 0 saturated carbocycles. The SMILES string of the molecule is Cc1ccn(-c2ccc3c(c2)NC(=O)C3N)n1. The number of anilines is 1. The first-order valence-electron chi connectivity index (χ1n) is 5.38. The van der Waals surface area contributed by atoms with Gasteiger partial charge in [-0.2, -0.15) is 5.10 Å². The number of carbonyl (C=O) groups excluding carboxylic acids is 1. The van der Waals surface area contributed by atoms with Crippen LogP contribution in [-0.4, -0.2) is 15.7 Å². The summed E-state index contributed by atoms with van der Waals surface area (Å²) in [6.07, 6.45) is 1.88. The predicted octanol–water partition coefficient (Wildman–Crippen LogP) is 1.13. The van der Waals surface area contributed by atoms with Gasteiger partial charge in [0.2, 0.25) is 5.91 Å². The molecule has 2 heterocycles. The van der Waals surface area contributed by atoms with Gasteiger partial charge in [0, 0.05) is 17.4 Å². The highest BCUT2D eigenvalue weighted by Crippen LogP contribution is 2.30. The number of aromatic nitrogens is 2. The number of nitrogens with one attached hydrogen (secondary N) is 1. The van der Waals surface area contributed by atoms with Crippen molar-refractivity contribution in [3.05, 3.63) is 41.7 Å². The average Bonchev–Trinajstić information content (AvgIpc) is 2.85. The van der Waals surface area contributed by atoms with Crippen LogP contribution < -0.4 is 11.1 Å². The number of amides is 1. The summed E-state index contributed by atoms with van der Waals surface area (Å²) in [6, 6.07) is 7.03. The third-order valence-corrected chi connectivity index (χ3v) is 2.90. The van der Waals surface area contributed by atoms with Crippen LogP contribution in [0.5, 0.6) is 0 Å². The smallest absolute Gasteiger partial charge is 0.245 e. The third-order valence-electron chi connectivity index (χ3n) is 2.90. The summed E-state index contributed by atoms with van der Waals surface area (Å²) in [5.41, 5.74) is 9.21. The molecular weight excluding hydrogens is 216 g/mol. The molecule has 0 saturated heterocycles. The summed E-state index contributed by atoms with van der Waals surface area (Å²) in [5.74, 6) is -0.159. The first kappa shape index (κ1) is 10.0. The van der Waals surface area contributed by atoms with E-state index in [1.165, 1.54) is 0 Å². The van der Waals surface area contributed by atoms with Crippen molar-refractivity contribution in [1.82, 2.24) is 9.78 Å². The Bertz CT molecular complexity index is 602. The van der Waals surface area contributed by atoms with Crippen molar-refractivity contribution in [3.63, 3.8) is 0 Å². The van der Waals surface area contributed by atoms with E-state index in [2.05, 4.69) is 10.4 Å². The van der Waals surface area contributed by atoms with Gasteiger partial charge in [0.15, 0.2) is 0 Å². The van der Waals surface area contributed by atoms with E-state index in [0.29, 0.717) is 0 Å². The summed E-state index contributed by atoms with van der Waals surface area (Å²) >= 11 is 0. The predicted molar refractivity (Wildman–Crippen MR) is 63.9 cm³/mol.